The Balaban J connectivity index is 1.27. The van der Waals surface area contributed by atoms with Crippen LogP contribution in [-0.4, -0.2) is 27.3 Å². The van der Waals surface area contributed by atoms with Gasteiger partial charge in [0.05, 0.1) is 17.1 Å². The summed E-state index contributed by atoms with van der Waals surface area (Å²) in [7, 11) is 0. The van der Waals surface area contributed by atoms with Crippen molar-refractivity contribution in [1.82, 2.24) is 14.9 Å². The summed E-state index contributed by atoms with van der Waals surface area (Å²) in [6.07, 6.45) is 3.28. The lowest BCUT2D eigenvalue weighted by atomic mass is 10.0. The van der Waals surface area contributed by atoms with Crippen LogP contribution in [0.4, 0.5) is 0 Å². The fourth-order valence-corrected chi connectivity index (χ4v) is 4.73. The zero-order valence-corrected chi connectivity index (χ0v) is 18.8. The van der Waals surface area contributed by atoms with Crippen LogP contribution in [0.25, 0.3) is 22.2 Å². The highest BCUT2D eigenvalue weighted by molar-refractivity contribution is 5.81. The predicted octanol–water partition coefficient (Wildman–Crippen LogP) is 6.14. The summed E-state index contributed by atoms with van der Waals surface area (Å²) in [6, 6.07) is 23.2. The normalized spacial score (nSPS) is 16.1. The molecule has 162 valence electrons. The van der Waals surface area contributed by atoms with Crippen LogP contribution in [0.1, 0.15) is 47.8 Å². The van der Waals surface area contributed by atoms with Crippen LogP contribution >= 0.6 is 0 Å². The van der Waals surface area contributed by atoms with Crippen LogP contribution in [0.5, 0.6) is 0 Å². The van der Waals surface area contributed by atoms with Crippen molar-refractivity contribution >= 4 is 16.9 Å². The highest BCUT2D eigenvalue weighted by Crippen LogP contribution is 2.33. The van der Waals surface area contributed by atoms with Crippen molar-refractivity contribution in [2.45, 2.75) is 45.6 Å². The molecule has 1 saturated heterocycles. The van der Waals surface area contributed by atoms with Gasteiger partial charge in [-0.2, -0.15) is 0 Å². The molecule has 0 unspecified atom stereocenters. The monoisotopic (exact) mass is 423 g/mol. The second kappa shape index (κ2) is 8.62. The van der Waals surface area contributed by atoms with E-state index in [4.69, 9.17) is 4.98 Å². The molecule has 1 aliphatic heterocycles. The maximum Gasteiger partial charge on any atom is 0.223 e. The number of H-pyrrole nitrogens is 1. The molecule has 5 rings (SSSR count). The number of hydrogen-bond acceptors (Lipinski definition) is 2. The number of amides is 1. The standard InChI is InChI=1S/C28H29N3O/c1-19-10-16-24-27(20(19)2)30-28(29-24)25-9-6-18-31(25)26(32)17-13-21-11-14-23(15-12-21)22-7-4-3-5-8-22/h3-5,7-8,10-12,14-16,25H,6,9,13,17-18H2,1-2H3,(H,29,30)/t25-/m0/s1. The molecule has 1 aromatic heterocycles. The van der Waals surface area contributed by atoms with E-state index in [2.05, 4.69) is 79.5 Å². The van der Waals surface area contributed by atoms with E-state index in [1.54, 1.807) is 0 Å². The first-order valence-corrected chi connectivity index (χ1v) is 11.5. The summed E-state index contributed by atoms with van der Waals surface area (Å²) in [5.41, 5.74) is 8.15. The number of aryl methyl sites for hydroxylation is 3. The number of rotatable bonds is 5. The Morgan fingerprint density at radius 1 is 1.00 bits per heavy atom. The number of fused-ring (bicyclic) bond motifs is 1. The maximum atomic E-state index is 13.1. The Morgan fingerprint density at radius 3 is 2.53 bits per heavy atom. The summed E-state index contributed by atoms with van der Waals surface area (Å²) in [6.45, 7) is 5.04. The van der Waals surface area contributed by atoms with Crippen molar-refractivity contribution in [3.05, 3.63) is 89.2 Å². The molecule has 0 saturated carbocycles. The number of aromatic amines is 1. The molecule has 0 radical (unpaired) electrons. The number of imidazole rings is 1. The van der Waals surface area contributed by atoms with Crippen LogP contribution in [0.2, 0.25) is 0 Å². The zero-order chi connectivity index (χ0) is 22.1. The Morgan fingerprint density at radius 2 is 1.75 bits per heavy atom. The summed E-state index contributed by atoms with van der Waals surface area (Å²) in [5.74, 6) is 1.14. The van der Waals surface area contributed by atoms with Gasteiger partial charge in [0, 0.05) is 13.0 Å². The first-order chi connectivity index (χ1) is 15.6. The van der Waals surface area contributed by atoms with Gasteiger partial charge < -0.3 is 9.88 Å². The van der Waals surface area contributed by atoms with Crippen LogP contribution in [0, 0.1) is 13.8 Å². The molecule has 1 fully saturated rings. The minimum absolute atomic E-state index is 0.0510. The minimum atomic E-state index is 0.0510. The van der Waals surface area contributed by atoms with E-state index in [1.165, 1.54) is 27.8 Å². The fraction of sp³-hybridized carbons (Fsp3) is 0.286. The van der Waals surface area contributed by atoms with E-state index in [0.29, 0.717) is 6.42 Å². The SMILES string of the molecule is Cc1ccc2[nH]c([C@@H]3CCCN3C(=O)CCc3ccc(-c4ccccc4)cc3)nc2c1C. The summed E-state index contributed by atoms with van der Waals surface area (Å²) in [5, 5.41) is 0. The van der Waals surface area contributed by atoms with Crippen LogP contribution in [-0.2, 0) is 11.2 Å². The zero-order valence-electron chi connectivity index (χ0n) is 18.8. The van der Waals surface area contributed by atoms with Crippen molar-refractivity contribution in [3.63, 3.8) is 0 Å². The molecule has 4 aromatic rings. The number of aromatic nitrogens is 2. The van der Waals surface area contributed by atoms with Crippen LogP contribution in [0.3, 0.4) is 0 Å². The van der Waals surface area contributed by atoms with E-state index in [0.717, 1.165) is 42.7 Å². The second-order valence-electron chi connectivity index (χ2n) is 8.83. The average molecular weight is 424 g/mol. The van der Waals surface area contributed by atoms with E-state index in [1.807, 2.05) is 11.0 Å². The molecule has 0 bridgehead atoms. The molecule has 1 aliphatic rings. The predicted molar refractivity (Wildman–Crippen MR) is 129 cm³/mol. The lowest BCUT2D eigenvalue weighted by Crippen LogP contribution is -2.31. The topological polar surface area (TPSA) is 49.0 Å². The van der Waals surface area contributed by atoms with Crippen molar-refractivity contribution in [2.24, 2.45) is 0 Å². The Kier molecular flexibility index (Phi) is 5.52. The number of nitrogens with zero attached hydrogens (tertiary/aromatic N) is 2. The third-order valence-corrected chi connectivity index (χ3v) is 6.77. The molecule has 4 nitrogen and oxygen atoms in total. The van der Waals surface area contributed by atoms with E-state index in [-0.39, 0.29) is 11.9 Å². The number of likely N-dealkylation sites (tertiary alicyclic amines) is 1. The van der Waals surface area contributed by atoms with Gasteiger partial charge in [-0.25, -0.2) is 4.98 Å². The van der Waals surface area contributed by atoms with Gasteiger partial charge in [0.25, 0.3) is 0 Å². The highest BCUT2D eigenvalue weighted by atomic mass is 16.2. The van der Waals surface area contributed by atoms with Gasteiger partial charge in [-0.1, -0.05) is 60.7 Å². The molecule has 4 heteroatoms. The highest BCUT2D eigenvalue weighted by Gasteiger charge is 2.32. The second-order valence-corrected chi connectivity index (χ2v) is 8.83. The summed E-state index contributed by atoms with van der Waals surface area (Å²) >= 11 is 0. The summed E-state index contributed by atoms with van der Waals surface area (Å²) in [4.78, 5) is 23.5. The number of nitrogens with one attached hydrogen (secondary N) is 1. The van der Waals surface area contributed by atoms with Gasteiger partial charge in [-0.15, -0.1) is 0 Å². The molecule has 0 aliphatic carbocycles. The fourth-order valence-electron chi connectivity index (χ4n) is 4.73. The molecular weight excluding hydrogens is 394 g/mol. The van der Waals surface area contributed by atoms with Gasteiger partial charge in [0.1, 0.15) is 5.82 Å². The smallest absolute Gasteiger partial charge is 0.223 e. The lowest BCUT2D eigenvalue weighted by Gasteiger charge is -2.23. The van der Waals surface area contributed by atoms with Crippen molar-refractivity contribution in [1.29, 1.82) is 0 Å². The van der Waals surface area contributed by atoms with E-state index in [9.17, 15) is 4.79 Å². The average Bonchev–Trinajstić information content (AvgIpc) is 3.48. The molecule has 1 N–H and O–H groups in total. The van der Waals surface area contributed by atoms with Gasteiger partial charge in [-0.3, -0.25) is 4.79 Å². The molecule has 0 spiro atoms. The van der Waals surface area contributed by atoms with Gasteiger partial charge in [0.2, 0.25) is 5.91 Å². The Hall–Kier alpha value is -3.40. The lowest BCUT2D eigenvalue weighted by molar-refractivity contribution is -0.132. The van der Waals surface area contributed by atoms with Crippen molar-refractivity contribution in [2.75, 3.05) is 6.54 Å². The third-order valence-electron chi connectivity index (χ3n) is 6.77. The molecular formula is C28H29N3O. The first-order valence-electron chi connectivity index (χ1n) is 11.5. The van der Waals surface area contributed by atoms with Crippen molar-refractivity contribution < 1.29 is 4.79 Å². The number of hydrogen-bond donors (Lipinski definition) is 1. The number of benzene rings is 3. The molecule has 32 heavy (non-hydrogen) atoms. The molecule has 1 atom stereocenters. The molecule has 2 heterocycles. The third kappa shape index (κ3) is 3.93. The van der Waals surface area contributed by atoms with Gasteiger partial charge >= 0.3 is 0 Å². The maximum absolute atomic E-state index is 13.1. The van der Waals surface area contributed by atoms with Crippen molar-refractivity contribution in [3.8, 4) is 11.1 Å². The minimum Gasteiger partial charge on any atom is -0.340 e. The van der Waals surface area contributed by atoms with E-state index < -0.39 is 0 Å². The molecule has 3 aromatic carbocycles. The largest absolute Gasteiger partial charge is 0.340 e. The molecule has 1 amide bonds. The Labute approximate surface area is 189 Å². The number of carbonyl (C=O) groups is 1. The first kappa shape index (κ1) is 20.5. The van der Waals surface area contributed by atoms with Crippen LogP contribution in [0.15, 0.2) is 66.7 Å². The summed E-state index contributed by atoms with van der Waals surface area (Å²) < 4.78 is 0. The van der Waals surface area contributed by atoms with Gasteiger partial charge in [-0.05, 0) is 67.0 Å². The van der Waals surface area contributed by atoms with Gasteiger partial charge in [0.15, 0.2) is 0 Å². The van der Waals surface area contributed by atoms with Crippen LogP contribution < -0.4 is 0 Å². The quantitative estimate of drug-likeness (QED) is 0.419. The Bertz CT molecular complexity index is 1240. The van der Waals surface area contributed by atoms with E-state index >= 15 is 0 Å². The number of carbonyl (C=O) groups excluding carboxylic acids is 1.